The van der Waals surface area contributed by atoms with E-state index in [0.717, 1.165) is 30.3 Å². The molecule has 168 valence electrons. The summed E-state index contributed by atoms with van der Waals surface area (Å²) in [7, 11) is 0. The van der Waals surface area contributed by atoms with E-state index in [1.54, 1.807) is 0 Å². The van der Waals surface area contributed by atoms with E-state index in [1.165, 1.54) is 18.5 Å². The largest absolute Gasteiger partial charge is 0.573 e. The Morgan fingerprint density at radius 3 is 2.19 bits per heavy atom. The Bertz CT molecular complexity index is 1110. The number of hydrogen-bond acceptors (Lipinski definition) is 4. The van der Waals surface area contributed by atoms with Crippen molar-refractivity contribution in [2.45, 2.75) is 12.5 Å². The molecule has 3 aromatic rings. The highest BCUT2D eigenvalue weighted by atomic mass is 35.5. The minimum Gasteiger partial charge on any atom is -0.456 e. The fraction of sp³-hybridized carbons (Fsp3) is 0.105. The maximum absolute atomic E-state index is 13.3. The molecule has 0 fully saturated rings. The van der Waals surface area contributed by atoms with E-state index < -0.39 is 40.3 Å². The third-order valence-corrected chi connectivity index (χ3v) is 4.19. The number of H-pyrrole nitrogens is 1. The SMILES string of the molecule is O=C(Nc1ccn[nH+]c1)c1c(Oc2ccc(OC(F)(F)F)cc2)ccc(C(F)(F)F)c1Cl. The highest BCUT2D eigenvalue weighted by Gasteiger charge is 2.36. The number of anilines is 1. The highest BCUT2D eigenvalue weighted by molar-refractivity contribution is 6.35. The minimum absolute atomic E-state index is 0.0818. The predicted octanol–water partition coefficient (Wildman–Crippen LogP) is 5.51. The van der Waals surface area contributed by atoms with Crippen LogP contribution in [0.2, 0.25) is 5.02 Å². The Morgan fingerprint density at radius 2 is 1.62 bits per heavy atom. The number of benzene rings is 2. The standard InChI is InChI=1S/C19H10ClF6N3O3/c20-16-13(18(21,22)23)5-6-14(15(16)17(30)29-10-7-8-27-28-9-10)31-11-1-3-12(4-2-11)32-19(24,25)26/h1-9H,(H,27,29,30)/p+1. The number of alkyl halides is 6. The Hall–Kier alpha value is -3.54. The Morgan fingerprint density at radius 1 is 0.969 bits per heavy atom. The van der Waals surface area contributed by atoms with Gasteiger partial charge in [0.25, 0.3) is 5.91 Å². The van der Waals surface area contributed by atoms with Crippen LogP contribution < -0.4 is 19.9 Å². The second-order valence-corrected chi connectivity index (χ2v) is 6.42. The number of aromatic nitrogens is 2. The summed E-state index contributed by atoms with van der Waals surface area (Å²) >= 11 is 5.90. The van der Waals surface area contributed by atoms with Gasteiger partial charge >= 0.3 is 12.5 Å². The van der Waals surface area contributed by atoms with Crippen molar-refractivity contribution in [3.63, 3.8) is 0 Å². The van der Waals surface area contributed by atoms with Gasteiger partial charge in [-0.2, -0.15) is 13.2 Å². The molecule has 0 radical (unpaired) electrons. The highest BCUT2D eigenvalue weighted by Crippen LogP contribution is 2.41. The number of nitrogens with zero attached hydrogens (tertiary/aromatic N) is 1. The summed E-state index contributed by atoms with van der Waals surface area (Å²) in [5.41, 5.74) is -1.72. The molecule has 2 N–H and O–H groups in total. The molecule has 0 atom stereocenters. The number of amides is 1. The molecule has 1 heterocycles. The van der Waals surface area contributed by atoms with Gasteiger partial charge < -0.3 is 14.8 Å². The van der Waals surface area contributed by atoms with E-state index in [2.05, 4.69) is 20.3 Å². The van der Waals surface area contributed by atoms with Crippen LogP contribution in [0.15, 0.2) is 54.9 Å². The van der Waals surface area contributed by atoms with Crippen molar-refractivity contribution in [3.8, 4) is 17.2 Å². The molecular weight excluding hydrogens is 468 g/mol. The van der Waals surface area contributed by atoms with Gasteiger partial charge in [-0.1, -0.05) is 11.6 Å². The van der Waals surface area contributed by atoms with Gasteiger partial charge in [-0.15, -0.1) is 18.3 Å². The lowest BCUT2D eigenvalue weighted by molar-refractivity contribution is -0.454. The van der Waals surface area contributed by atoms with Crippen LogP contribution in [0.4, 0.5) is 32.0 Å². The number of rotatable bonds is 5. The summed E-state index contributed by atoms with van der Waals surface area (Å²) in [6, 6.07) is 6.88. The second kappa shape index (κ2) is 8.91. The van der Waals surface area contributed by atoms with Crippen LogP contribution in [0, 0.1) is 0 Å². The summed E-state index contributed by atoms with van der Waals surface area (Å²) in [5, 5.41) is 7.52. The number of carbonyl (C=O) groups is 1. The zero-order chi connectivity index (χ0) is 23.5. The van der Waals surface area contributed by atoms with E-state index in [4.69, 9.17) is 16.3 Å². The molecule has 3 rings (SSSR count). The molecule has 6 nitrogen and oxygen atoms in total. The van der Waals surface area contributed by atoms with E-state index >= 15 is 0 Å². The molecule has 1 aromatic heterocycles. The van der Waals surface area contributed by atoms with Crippen LogP contribution in [0.25, 0.3) is 0 Å². The topological polar surface area (TPSA) is 74.6 Å². The van der Waals surface area contributed by atoms with Gasteiger partial charge in [0.2, 0.25) is 6.20 Å². The molecule has 2 aromatic carbocycles. The van der Waals surface area contributed by atoms with Gasteiger partial charge in [-0.05, 0) is 47.6 Å². The summed E-state index contributed by atoms with van der Waals surface area (Å²) in [6.07, 6.45) is -7.19. The predicted molar refractivity (Wildman–Crippen MR) is 98.4 cm³/mol. The summed E-state index contributed by atoms with van der Waals surface area (Å²) in [6.45, 7) is 0. The first-order valence-electron chi connectivity index (χ1n) is 8.51. The zero-order valence-corrected chi connectivity index (χ0v) is 16.3. The van der Waals surface area contributed by atoms with Crippen molar-refractivity contribution in [1.82, 2.24) is 5.10 Å². The first-order chi connectivity index (χ1) is 14.9. The van der Waals surface area contributed by atoms with Gasteiger partial charge in [-0.25, -0.2) is 0 Å². The maximum Gasteiger partial charge on any atom is 0.573 e. The molecule has 0 spiro atoms. The maximum atomic E-state index is 13.3. The number of hydrogen-bond donors (Lipinski definition) is 1. The Labute approximate surface area is 180 Å². The van der Waals surface area contributed by atoms with Crippen LogP contribution in [0.5, 0.6) is 17.2 Å². The summed E-state index contributed by atoms with van der Waals surface area (Å²) in [5.74, 6) is -2.00. The van der Waals surface area contributed by atoms with Crippen LogP contribution >= 0.6 is 11.6 Å². The van der Waals surface area contributed by atoms with Crippen molar-refractivity contribution in [2.75, 3.05) is 5.32 Å². The third kappa shape index (κ3) is 5.78. The molecule has 0 saturated carbocycles. The van der Waals surface area contributed by atoms with Crippen molar-refractivity contribution < 1.29 is 45.7 Å². The van der Waals surface area contributed by atoms with E-state index in [-0.39, 0.29) is 17.2 Å². The van der Waals surface area contributed by atoms with Crippen molar-refractivity contribution in [3.05, 3.63) is 71.0 Å². The van der Waals surface area contributed by atoms with Gasteiger partial charge in [0.05, 0.1) is 16.8 Å². The van der Waals surface area contributed by atoms with Crippen LogP contribution in [-0.4, -0.2) is 17.4 Å². The van der Waals surface area contributed by atoms with Gasteiger partial charge in [0, 0.05) is 0 Å². The molecule has 13 heteroatoms. The van der Waals surface area contributed by atoms with E-state index in [0.29, 0.717) is 6.07 Å². The first-order valence-corrected chi connectivity index (χ1v) is 8.88. The Balaban J connectivity index is 1.96. The van der Waals surface area contributed by atoms with Crippen molar-refractivity contribution >= 4 is 23.2 Å². The summed E-state index contributed by atoms with van der Waals surface area (Å²) in [4.78, 5) is 12.7. The normalized spacial score (nSPS) is 11.7. The first kappa shape index (κ1) is 23.1. The molecule has 0 unspecified atom stereocenters. The monoisotopic (exact) mass is 478 g/mol. The second-order valence-electron chi connectivity index (χ2n) is 6.05. The Kier molecular flexibility index (Phi) is 6.44. The number of carbonyl (C=O) groups excluding carboxylic acids is 1. The quantitative estimate of drug-likeness (QED) is 0.491. The molecular formula is C19H11ClF6N3O3+. The lowest BCUT2D eigenvalue weighted by atomic mass is 10.1. The van der Waals surface area contributed by atoms with E-state index in [1.807, 2.05) is 0 Å². The fourth-order valence-electron chi connectivity index (χ4n) is 2.50. The lowest BCUT2D eigenvalue weighted by Crippen LogP contribution is -2.18. The molecule has 0 saturated heterocycles. The molecule has 1 amide bonds. The minimum atomic E-state index is -4.90. The number of aromatic amines is 1. The number of halogens is 7. The molecule has 0 aliphatic heterocycles. The average Bonchev–Trinajstić information content (AvgIpc) is 2.68. The summed E-state index contributed by atoms with van der Waals surface area (Å²) < 4.78 is 85.8. The fourth-order valence-corrected chi connectivity index (χ4v) is 2.85. The van der Waals surface area contributed by atoms with Gasteiger partial charge in [-0.3, -0.25) is 4.79 Å². The lowest BCUT2D eigenvalue weighted by Gasteiger charge is -2.17. The number of nitrogens with one attached hydrogen (secondary N) is 2. The van der Waals surface area contributed by atoms with Gasteiger partial charge in [0.15, 0.2) is 0 Å². The molecule has 32 heavy (non-hydrogen) atoms. The average molecular weight is 479 g/mol. The number of ether oxygens (including phenoxy) is 2. The van der Waals surface area contributed by atoms with Gasteiger partial charge in [0.1, 0.15) is 28.5 Å². The van der Waals surface area contributed by atoms with Crippen LogP contribution in [0.3, 0.4) is 0 Å². The molecule has 0 bridgehead atoms. The zero-order valence-electron chi connectivity index (χ0n) is 15.5. The van der Waals surface area contributed by atoms with Crippen LogP contribution in [0.1, 0.15) is 15.9 Å². The third-order valence-electron chi connectivity index (χ3n) is 3.80. The van der Waals surface area contributed by atoms with Crippen molar-refractivity contribution in [1.29, 1.82) is 0 Å². The van der Waals surface area contributed by atoms with Crippen LogP contribution in [-0.2, 0) is 6.18 Å². The molecule has 0 aliphatic rings. The molecule has 0 aliphatic carbocycles. The van der Waals surface area contributed by atoms with Crippen molar-refractivity contribution in [2.24, 2.45) is 0 Å². The van der Waals surface area contributed by atoms with E-state index in [9.17, 15) is 31.1 Å². The smallest absolute Gasteiger partial charge is 0.456 e.